The molecule has 38 heavy (non-hydrogen) atoms. The maximum Gasteiger partial charge on any atom is 0.416 e. The summed E-state index contributed by atoms with van der Waals surface area (Å²) in [7, 11) is 0. The number of amides is 1. The summed E-state index contributed by atoms with van der Waals surface area (Å²) in [5.41, 5.74) is 0.741. The van der Waals surface area contributed by atoms with Crippen molar-refractivity contribution < 1.29 is 18.0 Å². The summed E-state index contributed by atoms with van der Waals surface area (Å²) in [6.07, 6.45) is 1.37. The van der Waals surface area contributed by atoms with E-state index in [1.165, 1.54) is 12.1 Å². The van der Waals surface area contributed by atoms with Crippen LogP contribution in [0, 0.1) is 0 Å². The molecule has 2 aromatic heterocycles. The van der Waals surface area contributed by atoms with Crippen molar-refractivity contribution in [2.24, 2.45) is 0 Å². The summed E-state index contributed by atoms with van der Waals surface area (Å²) in [6, 6.07) is 11.2. The molecule has 0 unspecified atom stereocenters. The van der Waals surface area contributed by atoms with E-state index >= 15 is 0 Å². The minimum Gasteiger partial charge on any atom is -0.324 e. The SMILES string of the molecule is CC(C)(C)n1nc(CCc2cc(NC(=O)c3cccc(C(F)(F)F)c3)ccc2Cl)cc1Nc1cnccn1. The van der Waals surface area contributed by atoms with Gasteiger partial charge in [-0.05, 0) is 75.6 Å². The van der Waals surface area contributed by atoms with E-state index in [0.717, 1.165) is 29.2 Å². The molecule has 198 valence electrons. The van der Waals surface area contributed by atoms with Crippen LogP contribution < -0.4 is 10.6 Å². The van der Waals surface area contributed by atoms with Gasteiger partial charge in [0.25, 0.3) is 5.91 Å². The summed E-state index contributed by atoms with van der Waals surface area (Å²) in [4.78, 5) is 21.0. The van der Waals surface area contributed by atoms with Gasteiger partial charge in [0.15, 0.2) is 0 Å². The van der Waals surface area contributed by atoms with Crippen molar-refractivity contribution in [2.75, 3.05) is 10.6 Å². The van der Waals surface area contributed by atoms with Crippen LogP contribution in [0.2, 0.25) is 5.02 Å². The molecular weight excluding hydrogens is 517 g/mol. The van der Waals surface area contributed by atoms with Crippen LogP contribution in [0.25, 0.3) is 0 Å². The van der Waals surface area contributed by atoms with Gasteiger partial charge in [-0.15, -0.1) is 0 Å². The Morgan fingerprint density at radius 2 is 1.82 bits per heavy atom. The number of anilines is 3. The minimum absolute atomic E-state index is 0.0906. The Morgan fingerprint density at radius 1 is 1.03 bits per heavy atom. The molecule has 0 aliphatic heterocycles. The first-order valence-corrected chi connectivity index (χ1v) is 12.2. The zero-order valence-electron chi connectivity index (χ0n) is 21.0. The van der Waals surface area contributed by atoms with Crippen LogP contribution in [0.4, 0.5) is 30.5 Å². The highest BCUT2D eigenvalue weighted by Crippen LogP contribution is 2.30. The number of carbonyl (C=O) groups is 1. The fourth-order valence-electron chi connectivity index (χ4n) is 3.79. The van der Waals surface area contributed by atoms with Crippen LogP contribution in [-0.4, -0.2) is 25.7 Å². The number of hydrogen-bond donors (Lipinski definition) is 2. The molecule has 4 aromatic rings. The van der Waals surface area contributed by atoms with Crippen LogP contribution in [0.1, 0.15) is 48.0 Å². The van der Waals surface area contributed by atoms with Crippen molar-refractivity contribution >= 4 is 34.8 Å². The van der Waals surface area contributed by atoms with Gasteiger partial charge in [-0.1, -0.05) is 17.7 Å². The fraction of sp³-hybridized carbons (Fsp3) is 0.259. The number of aryl methyl sites for hydroxylation is 2. The second-order valence-electron chi connectivity index (χ2n) is 9.66. The quantitative estimate of drug-likeness (QED) is 0.266. The van der Waals surface area contributed by atoms with Gasteiger partial charge in [0.1, 0.15) is 11.6 Å². The lowest BCUT2D eigenvalue weighted by molar-refractivity contribution is -0.137. The number of halogens is 4. The zero-order valence-corrected chi connectivity index (χ0v) is 21.7. The Morgan fingerprint density at radius 3 is 2.50 bits per heavy atom. The van der Waals surface area contributed by atoms with E-state index in [-0.39, 0.29) is 11.1 Å². The first-order chi connectivity index (χ1) is 17.9. The Bertz CT molecular complexity index is 1430. The van der Waals surface area contributed by atoms with Crippen molar-refractivity contribution in [3.05, 3.63) is 94.5 Å². The predicted molar refractivity (Wildman–Crippen MR) is 141 cm³/mol. The number of benzene rings is 2. The molecule has 0 aliphatic rings. The van der Waals surface area contributed by atoms with Crippen LogP contribution in [-0.2, 0) is 24.6 Å². The largest absolute Gasteiger partial charge is 0.416 e. The molecular formula is C27H26ClF3N6O. The second-order valence-corrected chi connectivity index (χ2v) is 10.1. The van der Waals surface area contributed by atoms with Gasteiger partial charge in [0.05, 0.1) is 23.0 Å². The van der Waals surface area contributed by atoms with Gasteiger partial charge in [-0.2, -0.15) is 18.3 Å². The summed E-state index contributed by atoms with van der Waals surface area (Å²) < 4.78 is 40.9. The van der Waals surface area contributed by atoms with Gasteiger partial charge in [-0.3, -0.25) is 9.78 Å². The van der Waals surface area contributed by atoms with E-state index < -0.39 is 17.6 Å². The van der Waals surface area contributed by atoms with Crippen molar-refractivity contribution in [1.29, 1.82) is 0 Å². The Hall–Kier alpha value is -3.92. The van der Waals surface area contributed by atoms with E-state index in [9.17, 15) is 18.0 Å². The van der Waals surface area contributed by atoms with E-state index in [1.807, 2.05) is 31.5 Å². The Kier molecular flexibility index (Phi) is 7.73. The highest BCUT2D eigenvalue weighted by Gasteiger charge is 2.31. The lowest BCUT2D eigenvalue weighted by Gasteiger charge is -2.22. The lowest BCUT2D eigenvalue weighted by atomic mass is 10.1. The fourth-order valence-corrected chi connectivity index (χ4v) is 4.01. The van der Waals surface area contributed by atoms with Gasteiger partial charge in [0.2, 0.25) is 0 Å². The van der Waals surface area contributed by atoms with Gasteiger partial charge < -0.3 is 10.6 Å². The number of nitrogens with zero attached hydrogens (tertiary/aromatic N) is 4. The van der Waals surface area contributed by atoms with E-state index in [2.05, 4.69) is 20.6 Å². The predicted octanol–water partition coefficient (Wildman–Crippen LogP) is 6.88. The monoisotopic (exact) mass is 542 g/mol. The van der Waals surface area contributed by atoms with Crippen molar-refractivity contribution in [3.63, 3.8) is 0 Å². The molecule has 2 aromatic carbocycles. The molecule has 0 spiro atoms. The maximum atomic E-state index is 13.0. The van der Waals surface area contributed by atoms with Crippen molar-refractivity contribution in [1.82, 2.24) is 19.7 Å². The topological polar surface area (TPSA) is 84.7 Å². The third-order valence-corrected chi connectivity index (χ3v) is 5.99. The highest BCUT2D eigenvalue weighted by molar-refractivity contribution is 6.31. The van der Waals surface area contributed by atoms with Gasteiger partial charge in [0, 0.05) is 34.7 Å². The molecule has 0 atom stereocenters. The molecule has 1 amide bonds. The molecule has 11 heteroatoms. The van der Waals surface area contributed by atoms with Crippen LogP contribution >= 0.6 is 11.6 Å². The average Bonchev–Trinajstić information content (AvgIpc) is 3.27. The number of nitrogens with one attached hydrogen (secondary N) is 2. The summed E-state index contributed by atoms with van der Waals surface area (Å²) in [5.74, 6) is 0.714. The highest BCUT2D eigenvalue weighted by atomic mass is 35.5. The van der Waals surface area contributed by atoms with Gasteiger partial charge >= 0.3 is 6.18 Å². The third kappa shape index (κ3) is 6.69. The van der Waals surface area contributed by atoms with Crippen molar-refractivity contribution in [3.8, 4) is 0 Å². The molecule has 0 bridgehead atoms. The first kappa shape index (κ1) is 27.1. The Balaban J connectivity index is 1.49. The van der Waals surface area contributed by atoms with Crippen LogP contribution in [0.5, 0.6) is 0 Å². The third-order valence-electron chi connectivity index (χ3n) is 5.62. The summed E-state index contributed by atoms with van der Waals surface area (Å²) in [5, 5.41) is 11.2. The molecule has 7 nitrogen and oxygen atoms in total. The summed E-state index contributed by atoms with van der Waals surface area (Å²) in [6.45, 7) is 6.12. The molecule has 0 saturated carbocycles. The van der Waals surface area contributed by atoms with Crippen LogP contribution in [0.15, 0.2) is 67.1 Å². The molecule has 2 N–H and O–H groups in total. The standard InChI is InChI=1S/C27H26ClF3N6O/c1-26(2,3)37-24(35-23-16-32-11-12-33-23)15-21(36-37)8-7-17-14-20(9-10-22(17)28)34-25(38)18-5-4-6-19(13-18)27(29,30)31/h4-6,9-16H,7-8H2,1-3H3,(H,33,35)(H,34,38). The number of carbonyl (C=O) groups excluding carboxylic acids is 1. The Labute approximate surface area is 223 Å². The molecule has 4 rings (SSSR count). The van der Waals surface area contributed by atoms with E-state index in [4.69, 9.17) is 16.7 Å². The number of alkyl halides is 3. The number of aromatic nitrogens is 4. The maximum absolute atomic E-state index is 13.0. The lowest BCUT2D eigenvalue weighted by Crippen LogP contribution is -2.24. The second kappa shape index (κ2) is 10.8. The van der Waals surface area contributed by atoms with E-state index in [1.54, 1.807) is 36.8 Å². The number of rotatable bonds is 7. The molecule has 0 fully saturated rings. The zero-order chi connectivity index (χ0) is 27.5. The van der Waals surface area contributed by atoms with Crippen molar-refractivity contribution in [2.45, 2.75) is 45.3 Å². The average molecular weight is 543 g/mol. The first-order valence-electron chi connectivity index (χ1n) is 11.8. The minimum atomic E-state index is -4.53. The normalized spacial score (nSPS) is 11.9. The van der Waals surface area contributed by atoms with Crippen LogP contribution in [0.3, 0.4) is 0 Å². The van der Waals surface area contributed by atoms with Gasteiger partial charge in [-0.25, -0.2) is 9.67 Å². The molecule has 0 radical (unpaired) electrons. The van der Waals surface area contributed by atoms with E-state index in [0.29, 0.717) is 29.4 Å². The smallest absolute Gasteiger partial charge is 0.324 e. The molecule has 0 aliphatic carbocycles. The molecule has 2 heterocycles. The summed E-state index contributed by atoms with van der Waals surface area (Å²) >= 11 is 6.41. The molecule has 0 saturated heterocycles. The number of hydrogen-bond acceptors (Lipinski definition) is 5.